The first-order chi connectivity index (χ1) is 7.85. The Balaban J connectivity index is 2.89. The van der Waals surface area contributed by atoms with E-state index in [-0.39, 0.29) is 21.4 Å². The topological polar surface area (TPSA) is 68.1 Å². The summed E-state index contributed by atoms with van der Waals surface area (Å²) in [5.74, 6) is 0.213. The van der Waals surface area contributed by atoms with Crippen LogP contribution in [0.3, 0.4) is 0 Å². The van der Waals surface area contributed by atoms with Gasteiger partial charge in [0.25, 0.3) is 0 Å². The molecule has 1 aromatic rings. The number of nitrogens with one attached hydrogen (secondary N) is 1. The molecule has 94 valence electrons. The first-order valence-corrected chi connectivity index (χ1v) is 6.56. The van der Waals surface area contributed by atoms with Gasteiger partial charge in [0.2, 0.25) is 5.82 Å². The van der Waals surface area contributed by atoms with Gasteiger partial charge in [-0.1, -0.05) is 11.6 Å². The minimum Gasteiger partial charge on any atom is -0.363 e. The van der Waals surface area contributed by atoms with Crippen LogP contribution in [-0.4, -0.2) is 27.5 Å². The first kappa shape index (κ1) is 14.1. The van der Waals surface area contributed by atoms with Crippen LogP contribution in [0.25, 0.3) is 0 Å². The number of hydrogen-bond donors (Lipinski definition) is 1. The van der Waals surface area contributed by atoms with Crippen molar-refractivity contribution in [2.75, 3.05) is 18.1 Å². The first-order valence-electron chi connectivity index (χ1n) is 4.96. The van der Waals surface area contributed by atoms with Crippen molar-refractivity contribution in [1.82, 2.24) is 4.98 Å². The molecule has 0 saturated heterocycles. The van der Waals surface area contributed by atoms with Gasteiger partial charge in [0.15, 0.2) is 0 Å². The van der Waals surface area contributed by atoms with Crippen LogP contribution < -0.4 is 5.32 Å². The fraction of sp³-hybridized carbons (Fsp3) is 0.500. The van der Waals surface area contributed by atoms with E-state index < -0.39 is 4.92 Å². The van der Waals surface area contributed by atoms with Gasteiger partial charge in [-0.15, -0.1) is 0 Å². The van der Waals surface area contributed by atoms with Crippen LogP contribution in [-0.2, 0) is 0 Å². The molecule has 1 aromatic heterocycles. The third-order valence-corrected chi connectivity index (χ3v) is 3.73. The second-order valence-corrected chi connectivity index (χ2v) is 5.98. The Hall–Kier alpha value is -1.01. The van der Waals surface area contributed by atoms with E-state index in [1.54, 1.807) is 11.8 Å². The van der Waals surface area contributed by atoms with Crippen LogP contribution in [0.2, 0.25) is 5.15 Å². The second kappa shape index (κ2) is 5.55. The van der Waals surface area contributed by atoms with E-state index in [1.165, 1.54) is 12.1 Å². The lowest BCUT2D eigenvalue weighted by Gasteiger charge is -2.22. The number of aromatic nitrogens is 1. The smallest absolute Gasteiger partial charge is 0.311 e. The van der Waals surface area contributed by atoms with Crippen molar-refractivity contribution in [2.24, 2.45) is 0 Å². The summed E-state index contributed by atoms with van der Waals surface area (Å²) in [6, 6.07) is 2.76. The summed E-state index contributed by atoms with van der Waals surface area (Å²) in [6.45, 7) is 4.66. The van der Waals surface area contributed by atoms with Crippen LogP contribution in [0.5, 0.6) is 0 Å². The molecule has 17 heavy (non-hydrogen) atoms. The van der Waals surface area contributed by atoms with E-state index in [9.17, 15) is 10.1 Å². The molecule has 1 rings (SSSR count). The van der Waals surface area contributed by atoms with Crippen molar-refractivity contribution in [1.29, 1.82) is 0 Å². The SMILES string of the molecule is CSC(C)(C)CNc1nc(Cl)ccc1[N+](=O)[O-]. The zero-order chi connectivity index (χ0) is 13.1. The molecule has 0 bridgehead atoms. The molecule has 0 saturated carbocycles. The lowest BCUT2D eigenvalue weighted by atomic mass is 10.2. The summed E-state index contributed by atoms with van der Waals surface area (Å²) < 4.78 is -0.0299. The van der Waals surface area contributed by atoms with E-state index in [1.807, 2.05) is 20.1 Å². The van der Waals surface area contributed by atoms with Crippen molar-refractivity contribution < 1.29 is 4.92 Å². The molecule has 0 unspecified atom stereocenters. The van der Waals surface area contributed by atoms with Gasteiger partial charge in [0.05, 0.1) is 4.92 Å². The van der Waals surface area contributed by atoms with Crippen molar-refractivity contribution in [3.05, 3.63) is 27.4 Å². The van der Waals surface area contributed by atoms with Gasteiger partial charge in [0.1, 0.15) is 5.15 Å². The number of rotatable bonds is 5. The number of pyridine rings is 1. The summed E-state index contributed by atoms with van der Waals surface area (Å²) in [4.78, 5) is 14.3. The van der Waals surface area contributed by atoms with Gasteiger partial charge in [-0.05, 0) is 26.2 Å². The van der Waals surface area contributed by atoms with Crippen LogP contribution in [0.15, 0.2) is 12.1 Å². The normalized spacial score (nSPS) is 11.3. The standard InChI is InChI=1S/C10H14ClN3O2S/c1-10(2,17-3)6-12-9-7(14(15)16)4-5-8(11)13-9/h4-5H,6H2,1-3H3,(H,12,13). The summed E-state index contributed by atoms with van der Waals surface area (Å²) in [6.07, 6.45) is 1.99. The summed E-state index contributed by atoms with van der Waals surface area (Å²) in [5.41, 5.74) is -0.0636. The molecule has 0 radical (unpaired) electrons. The van der Waals surface area contributed by atoms with Crippen molar-refractivity contribution >= 4 is 34.9 Å². The van der Waals surface area contributed by atoms with Crippen molar-refractivity contribution in [3.63, 3.8) is 0 Å². The van der Waals surface area contributed by atoms with Crippen LogP contribution >= 0.6 is 23.4 Å². The van der Waals surface area contributed by atoms with Crippen LogP contribution in [0.4, 0.5) is 11.5 Å². The van der Waals surface area contributed by atoms with Gasteiger partial charge in [0, 0.05) is 17.4 Å². The zero-order valence-electron chi connectivity index (χ0n) is 9.86. The minimum absolute atomic E-state index is 0.0299. The molecule has 1 heterocycles. The van der Waals surface area contributed by atoms with E-state index >= 15 is 0 Å². The van der Waals surface area contributed by atoms with E-state index in [0.717, 1.165) is 0 Å². The fourth-order valence-electron chi connectivity index (χ4n) is 1.07. The molecule has 0 fully saturated rings. The number of nitro groups is 1. The maximum atomic E-state index is 10.8. The quantitative estimate of drug-likeness (QED) is 0.508. The number of anilines is 1. The summed E-state index contributed by atoms with van der Waals surface area (Å²) >= 11 is 7.40. The molecule has 1 N–H and O–H groups in total. The summed E-state index contributed by atoms with van der Waals surface area (Å²) in [7, 11) is 0. The molecule has 0 atom stereocenters. The monoisotopic (exact) mass is 275 g/mol. The Morgan fingerprint density at radius 2 is 2.24 bits per heavy atom. The predicted octanol–water partition coefficient (Wildman–Crippen LogP) is 3.20. The average Bonchev–Trinajstić information content (AvgIpc) is 2.26. The molecule has 0 aliphatic rings. The minimum atomic E-state index is -0.474. The number of nitrogens with zero attached hydrogens (tertiary/aromatic N) is 2. The maximum absolute atomic E-state index is 10.8. The van der Waals surface area contributed by atoms with Crippen molar-refractivity contribution in [3.8, 4) is 0 Å². The molecule has 5 nitrogen and oxygen atoms in total. The van der Waals surface area contributed by atoms with Gasteiger partial charge < -0.3 is 5.32 Å². The predicted molar refractivity (Wildman–Crippen MR) is 72.0 cm³/mol. The second-order valence-electron chi connectivity index (χ2n) is 4.08. The fourth-order valence-corrected chi connectivity index (χ4v) is 1.44. The Labute approximate surface area is 109 Å². The van der Waals surface area contributed by atoms with Crippen molar-refractivity contribution in [2.45, 2.75) is 18.6 Å². The molecule has 0 aromatic carbocycles. The highest BCUT2D eigenvalue weighted by molar-refractivity contribution is 7.99. The highest BCUT2D eigenvalue weighted by atomic mass is 35.5. The Morgan fingerprint density at radius 3 is 2.76 bits per heavy atom. The van der Waals surface area contributed by atoms with Gasteiger partial charge in [-0.3, -0.25) is 10.1 Å². The maximum Gasteiger partial charge on any atom is 0.311 e. The number of thioether (sulfide) groups is 1. The molecule has 0 amide bonds. The zero-order valence-corrected chi connectivity index (χ0v) is 11.4. The Bertz CT molecular complexity index is 426. The van der Waals surface area contributed by atoms with Crippen LogP contribution in [0, 0.1) is 10.1 Å². The molecule has 0 aliphatic carbocycles. The van der Waals surface area contributed by atoms with E-state index in [0.29, 0.717) is 6.54 Å². The van der Waals surface area contributed by atoms with Gasteiger partial charge >= 0.3 is 5.69 Å². The van der Waals surface area contributed by atoms with E-state index in [4.69, 9.17) is 11.6 Å². The number of halogens is 1. The Kier molecular flexibility index (Phi) is 4.59. The largest absolute Gasteiger partial charge is 0.363 e. The molecule has 0 spiro atoms. The highest BCUT2D eigenvalue weighted by Gasteiger charge is 2.20. The molecule has 0 aliphatic heterocycles. The van der Waals surface area contributed by atoms with Crippen LogP contribution in [0.1, 0.15) is 13.8 Å². The number of hydrogen-bond acceptors (Lipinski definition) is 5. The van der Waals surface area contributed by atoms with Gasteiger partial charge in [-0.25, -0.2) is 4.98 Å². The lowest BCUT2D eigenvalue weighted by Crippen LogP contribution is -2.26. The molecular formula is C10H14ClN3O2S. The molecular weight excluding hydrogens is 262 g/mol. The Morgan fingerprint density at radius 1 is 1.59 bits per heavy atom. The van der Waals surface area contributed by atoms with Gasteiger partial charge in [-0.2, -0.15) is 11.8 Å². The molecule has 7 heteroatoms. The lowest BCUT2D eigenvalue weighted by molar-refractivity contribution is -0.384. The third kappa shape index (κ3) is 4.05. The van der Waals surface area contributed by atoms with E-state index in [2.05, 4.69) is 10.3 Å². The summed E-state index contributed by atoms with van der Waals surface area (Å²) in [5, 5.41) is 14.0. The average molecular weight is 276 g/mol. The highest BCUT2D eigenvalue weighted by Crippen LogP contribution is 2.26. The third-order valence-electron chi connectivity index (χ3n) is 2.27.